The van der Waals surface area contributed by atoms with Gasteiger partial charge in [-0.3, -0.25) is 4.79 Å². The molecule has 2 aromatic rings. The van der Waals surface area contributed by atoms with Crippen molar-refractivity contribution in [1.29, 1.82) is 0 Å². The molecule has 2 heterocycles. The Balaban J connectivity index is 1.60. The Kier molecular flexibility index (Phi) is 6.21. The smallest absolute Gasteiger partial charge is 0.226 e. The number of aromatic nitrogens is 3. The van der Waals surface area contributed by atoms with Gasteiger partial charge in [-0.15, -0.1) is 10.2 Å². The maximum atomic E-state index is 13.3. The molecule has 1 aliphatic rings. The number of halogens is 1. The number of carbonyl (C=O) groups is 1. The summed E-state index contributed by atoms with van der Waals surface area (Å²) in [4.78, 5) is 16.5. The topological polar surface area (TPSA) is 54.3 Å². The van der Waals surface area contributed by atoms with Crippen molar-refractivity contribution in [3.8, 4) is 0 Å². The van der Waals surface area contributed by atoms with Gasteiger partial charge < -0.3 is 14.4 Å². The lowest BCUT2D eigenvalue weighted by Gasteiger charge is -2.32. The first-order valence-corrected chi connectivity index (χ1v) is 9.56. The summed E-state index contributed by atoms with van der Waals surface area (Å²) in [5, 5.41) is 8.83. The van der Waals surface area contributed by atoms with Gasteiger partial charge in [-0.05, 0) is 51.6 Å². The fourth-order valence-electron chi connectivity index (χ4n) is 3.72. The molecule has 0 bridgehead atoms. The highest BCUT2D eigenvalue weighted by atomic mass is 19.1. The minimum atomic E-state index is -0.300. The molecule has 146 valence electrons. The molecule has 0 unspecified atom stereocenters. The fourth-order valence-corrected chi connectivity index (χ4v) is 3.72. The van der Waals surface area contributed by atoms with Gasteiger partial charge in [0.25, 0.3) is 0 Å². The van der Waals surface area contributed by atoms with Crippen LogP contribution in [0.2, 0.25) is 0 Å². The van der Waals surface area contributed by atoms with Gasteiger partial charge in [-0.1, -0.05) is 12.1 Å². The average Bonchev–Trinajstić information content (AvgIpc) is 3.03. The fraction of sp³-hybridized carbons (Fsp3) is 0.550. The summed E-state index contributed by atoms with van der Waals surface area (Å²) in [5.41, 5.74) is 0.723. The molecule has 0 saturated carbocycles. The van der Waals surface area contributed by atoms with Crippen molar-refractivity contribution in [2.24, 2.45) is 0 Å². The largest absolute Gasteiger partial charge is 0.342 e. The second kappa shape index (κ2) is 8.61. The molecule has 6 nitrogen and oxygen atoms in total. The standard InChI is InChI=1S/C20H28FN5O/c1-4-26-18(14-24(2)3)22-23-20(26)16-8-10-25(11-9-16)19(27)13-15-6-5-7-17(21)12-15/h5-7,12,16H,4,8-11,13-14H2,1-3H3. The average molecular weight is 373 g/mol. The lowest BCUT2D eigenvalue weighted by molar-refractivity contribution is -0.131. The Bertz CT molecular complexity index is 780. The summed E-state index contributed by atoms with van der Waals surface area (Å²) in [5.74, 6) is 2.11. The second-order valence-electron chi connectivity index (χ2n) is 7.42. The molecule has 1 aliphatic heterocycles. The van der Waals surface area contributed by atoms with Crippen LogP contribution in [-0.4, -0.2) is 57.7 Å². The van der Waals surface area contributed by atoms with Crippen LogP contribution in [0.3, 0.4) is 0 Å². The Morgan fingerprint density at radius 2 is 2.00 bits per heavy atom. The molecule has 27 heavy (non-hydrogen) atoms. The SMILES string of the molecule is CCn1c(CN(C)C)nnc1C1CCN(C(=O)Cc2cccc(F)c2)CC1. The number of hydrogen-bond acceptors (Lipinski definition) is 4. The van der Waals surface area contributed by atoms with Gasteiger partial charge in [0.05, 0.1) is 13.0 Å². The number of piperidine rings is 1. The Labute approximate surface area is 160 Å². The van der Waals surface area contributed by atoms with Gasteiger partial charge in [0.2, 0.25) is 5.91 Å². The molecule has 0 aliphatic carbocycles. The predicted octanol–water partition coefficient (Wildman–Crippen LogP) is 2.45. The predicted molar refractivity (Wildman–Crippen MR) is 102 cm³/mol. The van der Waals surface area contributed by atoms with E-state index in [4.69, 9.17) is 0 Å². The molecule has 1 amide bonds. The van der Waals surface area contributed by atoms with Gasteiger partial charge in [0, 0.05) is 25.6 Å². The highest BCUT2D eigenvalue weighted by molar-refractivity contribution is 5.78. The number of rotatable bonds is 6. The summed E-state index contributed by atoms with van der Waals surface area (Å²) in [6.45, 7) is 5.15. The monoisotopic (exact) mass is 373 g/mol. The van der Waals surface area contributed by atoms with Crippen LogP contribution in [0.4, 0.5) is 4.39 Å². The van der Waals surface area contributed by atoms with Gasteiger partial charge in [-0.25, -0.2) is 4.39 Å². The van der Waals surface area contributed by atoms with E-state index in [2.05, 4.69) is 26.6 Å². The van der Waals surface area contributed by atoms with E-state index in [0.717, 1.165) is 43.1 Å². The number of nitrogens with zero attached hydrogens (tertiary/aromatic N) is 5. The number of amides is 1. The number of benzene rings is 1. The highest BCUT2D eigenvalue weighted by Crippen LogP contribution is 2.28. The zero-order valence-corrected chi connectivity index (χ0v) is 16.4. The van der Waals surface area contributed by atoms with E-state index in [1.807, 2.05) is 19.0 Å². The summed E-state index contributed by atoms with van der Waals surface area (Å²) in [6, 6.07) is 6.27. The molecule has 7 heteroatoms. The van der Waals surface area contributed by atoms with Crippen molar-refractivity contribution in [3.05, 3.63) is 47.3 Å². The van der Waals surface area contributed by atoms with Crippen LogP contribution in [0.15, 0.2) is 24.3 Å². The van der Waals surface area contributed by atoms with Crippen molar-refractivity contribution >= 4 is 5.91 Å². The lowest BCUT2D eigenvalue weighted by Crippen LogP contribution is -2.39. The Morgan fingerprint density at radius 3 is 2.63 bits per heavy atom. The summed E-state index contributed by atoms with van der Waals surface area (Å²) < 4.78 is 15.5. The highest BCUT2D eigenvalue weighted by Gasteiger charge is 2.27. The van der Waals surface area contributed by atoms with Gasteiger partial charge in [0.1, 0.15) is 17.5 Å². The van der Waals surface area contributed by atoms with Crippen molar-refractivity contribution in [2.75, 3.05) is 27.2 Å². The van der Waals surface area contributed by atoms with E-state index in [-0.39, 0.29) is 18.1 Å². The summed E-state index contributed by atoms with van der Waals surface area (Å²) in [6.07, 6.45) is 2.02. The third-order valence-corrected chi connectivity index (χ3v) is 5.09. The van der Waals surface area contributed by atoms with E-state index in [9.17, 15) is 9.18 Å². The molecule has 1 saturated heterocycles. The molecule has 3 rings (SSSR count). The van der Waals surface area contributed by atoms with E-state index >= 15 is 0 Å². The molecular weight excluding hydrogens is 345 g/mol. The first-order valence-electron chi connectivity index (χ1n) is 9.56. The van der Waals surface area contributed by atoms with E-state index < -0.39 is 0 Å². The van der Waals surface area contributed by atoms with Crippen molar-refractivity contribution in [1.82, 2.24) is 24.6 Å². The van der Waals surface area contributed by atoms with Crippen LogP contribution in [0.25, 0.3) is 0 Å². The summed E-state index contributed by atoms with van der Waals surface area (Å²) in [7, 11) is 4.05. The molecule has 1 fully saturated rings. The molecular formula is C20H28FN5O. The van der Waals surface area contributed by atoms with Crippen LogP contribution < -0.4 is 0 Å². The zero-order valence-electron chi connectivity index (χ0n) is 16.4. The second-order valence-corrected chi connectivity index (χ2v) is 7.42. The normalized spacial score (nSPS) is 15.5. The minimum Gasteiger partial charge on any atom is -0.342 e. The third kappa shape index (κ3) is 4.71. The first-order chi connectivity index (χ1) is 13.0. The van der Waals surface area contributed by atoms with Crippen molar-refractivity contribution < 1.29 is 9.18 Å². The lowest BCUT2D eigenvalue weighted by atomic mass is 9.95. The third-order valence-electron chi connectivity index (χ3n) is 5.09. The van der Waals surface area contributed by atoms with Gasteiger partial charge in [-0.2, -0.15) is 0 Å². The van der Waals surface area contributed by atoms with Crippen molar-refractivity contribution in [2.45, 2.75) is 45.2 Å². The Morgan fingerprint density at radius 1 is 1.26 bits per heavy atom. The first kappa shape index (κ1) is 19.5. The van der Waals surface area contributed by atoms with Crippen LogP contribution in [-0.2, 0) is 24.3 Å². The van der Waals surface area contributed by atoms with Crippen LogP contribution in [0.1, 0.15) is 42.9 Å². The quantitative estimate of drug-likeness (QED) is 0.781. The Hall–Kier alpha value is -2.28. The molecule has 0 spiro atoms. The van der Waals surface area contributed by atoms with E-state index in [1.54, 1.807) is 12.1 Å². The maximum Gasteiger partial charge on any atom is 0.226 e. The van der Waals surface area contributed by atoms with Crippen molar-refractivity contribution in [3.63, 3.8) is 0 Å². The minimum absolute atomic E-state index is 0.0595. The zero-order chi connectivity index (χ0) is 19.4. The molecule has 1 aromatic heterocycles. The van der Waals surface area contributed by atoms with E-state index in [1.165, 1.54) is 12.1 Å². The molecule has 0 radical (unpaired) electrons. The molecule has 1 aromatic carbocycles. The molecule has 0 atom stereocenters. The van der Waals surface area contributed by atoms with Crippen LogP contribution >= 0.6 is 0 Å². The molecule has 0 N–H and O–H groups in total. The van der Waals surface area contributed by atoms with Gasteiger partial charge in [0.15, 0.2) is 0 Å². The number of carbonyl (C=O) groups excluding carboxylic acids is 1. The summed E-state index contributed by atoms with van der Waals surface area (Å²) >= 11 is 0. The van der Waals surface area contributed by atoms with Gasteiger partial charge >= 0.3 is 0 Å². The van der Waals surface area contributed by atoms with Crippen LogP contribution in [0, 0.1) is 5.82 Å². The number of hydrogen-bond donors (Lipinski definition) is 0. The number of likely N-dealkylation sites (tertiary alicyclic amines) is 1. The van der Waals surface area contributed by atoms with E-state index in [0.29, 0.717) is 19.0 Å². The maximum absolute atomic E-state index is 13.3. The van der Waals surface area contributed by atoms with Crippen LogP contribution in [0.5, 0.6) is 0 Å².